The number of piperazine rings is 1. The van der Waals surface area contributed by atoms with E-state index >= 15 is 0 Å². The van der Waals surface area contributed by atoms with Gasteiger partial charge in [0, 0.05) is 77.1 Å². The summed E-state index contributed by atoms with van der Waals surface area (Å²) >= 11 is 0. The van der Waals surface area contributed by atoms with Gasteiger partial charge in [-0.25, -0.2) is 4.79 Å². The molecule has 3 N–H and O–H groups in total. The van der Waals surface area contributed by atoms with Gasteiger partial charge in [0.2, 0.25) is 0 Å². The highest BCUT2D eigenvalue weighted by Crippen LogP contribution is 2.37. The highest BCUT2D eigenvalue weighted by molar-refractivity contribution is 5.99. The molecule has 1 aliphatic heterocycles. The van der Waals surface area contributed by atoms with E-state index in [1.807, 2.05) is 55.5 Å². The number of para-hydroxylation sites is 1. The average molecular weight is 712 g/mol. The Labute approximate surface area is 297 Å². The highest BCUT2D eigenvalue weighted by atomic mass is 19.4. The smallest absolute Gasteiger partial charge is 0.490 e. The number of guanidine groups is 1. The van der Waals surface area contributed by atoms with E-state index in [1.54, 1.807) is 13.2 Å². The number of alkyl halides is 3. The Morgan fingerprint density at radius 2 is 1.67 bits per heavy atom. The van der Waals surface area contributed by atoms with Crippen molar-refractivity contribution in [1.82, 2.24) is 10.2 Å². The third-order valence-electron chi connectivity index (χ3n) is 8.60. The molecule has 1 fully saturated rings. The van der Waals surface area contributed by atoms with Crippen LogP contribution in [0.4, 0.5) is 18.9 Å². The largest absolute Gasteiger partial charge is 0.493 e. The van der Waals surface area contributed by atoms with Crippen LogP contribution >= 0.6 is 0 Å². The molecule has 0 saturated carbocycles. The summed E-state index contributed by atoms with van der Waals surface area (Å²) in [7, 11) is 1.58. The number of nitrogens with zero attached hydrogens (tertiary/aromatic N) is 3. The van der Waals surface area contributed by atoms with Crippen molar-refractivity contribution in [3.63, 3.8) is 0 Å². The minimum atomic E-state index is -5.32. The van der Waals surface area contributed by atoms with Gasteiger partial charge in [0.05, 0.1) is 6.61 Å². The average Bonchev–Trinajstić information content (AvgIpc) is 3.11. The lowest BCUT2D eigenvalue weighted by Crippen LogP contribution is -2.47. The highest BCUT2D eigenvalue weighted by Gasteiger charge is 2.43. The molecule has 1 unspecified atom stereocenters. The SMILES string of the molecule is CCCCN=C(N)NC(=O)C(Cc1ccc(-c2ccccc2)c(CN2CCN(c3ccccc3C)CC2)c1OCCCOC)OC(=O)C(F)(F)F. The molecule has 13 heteroatoms. The first-order valence-electron chi connectivity index (χ1n) is 17.2. The summed E-state index contributed by atoms with van der Waals surface area (Å²) in [5, 5.41) is 2.31. The van der Waals surface area contributed by atoms with E-state index in [2.05, 4.69) is 39.2 Å². The lowest BCUT2D eigenvalue weighted by Gasteiger charge is -2.37. The fourth-order valence-corrected chi connectivity index (χ4v) is 5.92. The van der Waals surface area contributed by atoms with Crippen molar-refractivity contribution in [1.29, 1.82) is 0 Å². The normalized spacial score (nSPS) is 14.6. The Hall–Kier alpha value is -4.62. The number of aliphatic imine (C=N–C) groups is 1. The van der Waals surface area contributed by atoms with E-state index in [-0.39, 0.29) is 12.6 Å². The van der Waals surface area contributed by atoms with E-state index in [9.17, 15) is 22.8 Å². The molecule has 1 heterocycles. The maximum atomic E-state index is 13.4. The number of nitrogens with two attached hydrogens (primary N) is 1. The zero-order valence-corrected chi connectivity index (χ0v) is 29.5. The summed E-state index contributed by atoms with van der Waals surface area (Å²) in [6.07, 6.45) is -5.54. The summed E-state index contributed by atoms with van der Waals surface area (Å²) in [4.78, 5) is 34.1. The second-order valence-electron chi connectivity index (χ2n) is 12.4. The number of unbranched alkanes of at least 4 members (excludes halogenated alkanes) is 1. The summed E-state index contributed by atoms with van der Waals surface area (Å²) in [6.45, 7) is 8.60. The van der Waals surface area contributed by atoms with Crippen molar-refractivity contribution in [2.75, 3.05) is 57.9 Å². The third kappa shape index (κ3) is 11.4. The van der Waals surface area contributed by atoms with Crippen LogP contribution in [0.3, 0.4) is 0 Å². The lowest BCUT2D eigenvalue weighted by atomic mass is 9.93. The fourth-order valence-electron chi connectivity index (χ4n) is 5.92. The van der Waals surface area contributed by atoms with Crippen LogP contribution in [0.5, 0.6) is 5.75 Å². The van der Waals surface area contributed by atoms with Crippen LogP contribution in [-0.2, 0) is 32.0 Å². The van der Waals surface area contributed by atoms with Crippen LogP contribution in [0.2, 0.25) is 0 Å². The predicted molar refractivity (Wildman–Crippen MR) is 192 cm³/mol. The van der Waals surface area contributed by atoms with Crippen molar-refractivity contribution in [3.05, 3.63) is 83.4 Å². The van der Waals surface area contributed by atoms with Crippen LogP contribution in [0.25, 0.3) is 11.1 Å². The number of anilines is 1. The quantitative estimate of drug-likeness (QED) is 0.0848. The molecule has 51 heavy (non-hydrogen) atoms. The minimum absolute atomic E-state index is 0.239. The number of hydrogen-bond donors (Lipinski definition) is 2. The Morgan fingerprint density at radius 3 is 2.33 bits per heavy atom. The number of carbonyl (C=O) groups excluding carboxylic acids is 2. The number of carbonyl (C=O) groups is 2. The summed E-state index contributed by atoms with van der Waals surface area (Å²) in [6, 6.07) is 21.6. The van der Waals surface area contributed by atoms with Crippen LogP contribution < -0.4 is 20.7 Å². The molecule has 0 bridgehead atoms. The molecule has 1 saturated heterocycles. The molecular formula is C38H48F3N5O5. The van der Waals surface area contributed by atoms with Crippen molar-refractivity contribution >= 4 is 23.5 Å². The van der Waals surface area contributed by atoms with Gasteiger partial charge in [-0.05, 0) is 41.7 Å². The number of methoxy groups -OCH3 is 1. The molecule has 276 valence electrons. The Kier molecular flexibility index (Phi) is 14.7. The molecule has 4 rings (SSSR count). The first-order valence-corrected chi connectivity index (χ1v) is 17.2. The monoisotopic (exact) mass is 711 g/mol. The van der Waals surface area contributed by atoms with E-state index < -0.39 is 30.6 Å². The third-order valence-corrected chi connectivity index (χ3v) is 8.60. The number of aryl methyl sites for hydroxylation is 1. The number of nitrogens with one attached hydrogen (secondary N) is 1. The van der Waals surface area contributed by atoms with Crippen molar-refractivity contribution in [2.45, 2.75) is 58.4 Å². The summed E-state index contributed by atoms with van der Waals surface area (Å²) in [5.41, 5.74) is 11.3. The van der Waals surface area contributed by atoms with Crippen molar-refractivity contribution in [2.24, 2.45) is 10.7 Å². The summed E-state index contributed by atoms with van der Waals surface area (Å²) in [5.74, 6) is -3.38. The number of amides is 1. The molecular weight excluding hydrogens is 663 g/mol. The number of benzene rings is 3. The second-order valence-corrected chi connectivity index (χ2v) is 12.4. The van der Waals surface area contributed by atoms with E-state index in [0.717, 1.165) is 49.3 Å². The van der Waals surface area contributed by atoms with Gasteiger partial charge < -0.3 is 24.8 Å². The van der Waals surface area contributed by atoms with Crippen molar-refractivity contribution in [3.8, 4) is 16.9 Å². The summed E-state index contributed by atoms with van der Waals surface area (Å²) < 4.78 is 56.7. The Morgan fingerprint density at radius 1 is 0.961 bits per heavy atom. The van der Waals surface area contributed by atoms with Crippen LogP contribution in [0.15, 0.2) is 71.7 Å². The van der Waals surface area contributed by atoms with E-state index in [4.69, 9.17) is 19.9 Å². The van der Waals surface area contributed by atoms with Gasteiger partial charge in [0.25, 0.3) is 5.91 Å². The van der Waals surface area contributed by atoms with E-state index in [1.165, 1.54) is 11.3 Å². The second kappa shape index (κ2) is 19.1. The van der Waals surface area contributed by atoms with Crippen LogP contribution in [0, 0.1) is 6.92 Å². The first-order chi connectivity index (χ1) is 24.5. The predicted octanol–water partition coefficient (Wildman–Crippen LogP) is 5.65. The molecule has 1 atom stereocenters. The van der Waals surface area contributed by atoms with Crippen LogP contribution in [0.1, 0.15) is 42.9 Å². The standard InChI is InChI=1S/C38H48F3N5O5/c1-4-5-18-43-37(42)44-35(47)33(51-36(48)38(39,40)41)25-29-16-17-30(28-13-7-6-8-14-28)31(34(29)50-24-11-23-49-3)26-45-19-21-46(22-20-45)32-15-10-9-12-27(32)2/h6-10,12-17,33H,4-5,11,18-26H2,1-3H3,(H3,42,43,44,47). The van der Waals surface area contributed by atoms with Gasteiger partial charge in [-0.15, -0.1) is 0 Å². The van der Waals surface area contributed by atoms with Gasteiger partial charge in [-0.3, -0.25) is 20.0 Å². The molecule has 0 radical (unpaired) electrons. The molecule has 1 amide bonds. The molecule has 3 aromatic rings. The Balaban J connectivity index is 1.71. The molecule has 0 spiro atoms. The maximum absolute atomic E-state index is 13.4. The van der Waals surface area contributed by atoms with Gasteiger partial charge in [0.1, 0.15) is 5.75 Å². The molecule has 1 aliphatic rings. The van der Waals surface area contributed by atoms with Gasteiger partial charge >= 0.3 is 12.1 Å². The molecule has 10 nitrogen and oxygen atoms in total. The number of halogens is 3. The molecule has 3 aromatic carbocycles. The fraction of sp³-hybridized carbons (Fsp3) is 0.447. The minimum Gasteiger partial charge on any atom is -0.493 e. The molecule has 0 aliphatic carbocycles. The number of esters is 1. The van der Waals surface area contributed by atoms with Gasteiger partial charge in [-0.2, -0.15) is 13.2 Å². The van der Waals surface area contributed by atoms with E-state index in [0.29, 0.717) is 43.9 Å². The van der Waals surface area contributed by atoms with Gasteiger partial charge in [-0.1, -0.05) is 74.0 Å². The number of rotatable bonds is 16. The zero-order chi connectivity index (χ0) is 36.8. The molecule has 0 aromatic heterocycles. The first kappa shape index (κ1) is 39.2. The number of ether oxygens (including phenoxy) is 3. The van der Waals surface area contributed by atoms with Crippen LogP contribution in [-0.4, -0.2) is 88.1 Å². The number of hydrogen-bond acceptors (Lipinski definition) is 8. The Bertz CT molecular complexity index is 1610. The van der Waals surface area contributed by atoms with Crippen molar-refractivity contribution < 1.29 is 37.0 Å². The van der Waals surface area contributed by atoms with Gasteiger partial charge in [0.15, 0.2) is 12.1 Å². The maximum Gasteiger partial charge on any atom is 0.490 e. The zero-order valence-electron chi connectivity index (χ0n) is 29.5. The topological polar surface area (TPSA) is 119 Å². The lowest BCUT2D eigenvalue weighted by molar-refractivity contribution is -0.205.